The molecule has 1 aromatic carbocycles. The van der Waals surface area contributed by atoms with Crippen LogP contribution in [0.25, 0.3) is 11.4 Å². The van der Waals surface area contributed by atoms with Crippen molar-refractivity contribution >= 4 is 0 Å². The third-order valence-electron chi connectivity index (χ3n) is 3.47. The van der Waals surface area contributed by atoms with E-state index in [-0.39, 0.29) is 12.4 Å². The van der Waals surface area contributed by atoms with E-state index in [1.54, 1.807) is 0 Å². The van der Waals surface area contributed by atoms with Crippen LogP contribution in [-0.2, 0) is 18.0 Å². The van der Waals surface area contributed by atoms with Crippen molar-refractivity contribution in [2.75, 3.05) is 6.61 Å². The second-order valence-corrected chi connectivity index (χ2v) is 4.99. The van der Waals surface area contributed by atoms with Crippen LogP contribution >= 0.6 is 0 Å². The highest BCUT2D eigenvalue weighted by Crippen LogP contribution is 2.15. The summed E-state index contributed by atoms with van der Waals surface area (Å²) >= 11 is 0. The van der Waals surface area contributed by atoms with Gasteiger partial charge in [-0.05, 0) is 25.5 Å². The summed E-state index contributed by atoms with van der Waals surface area (Å²) in [5.74, 6) is 1.21. The van der Waals surface area contributed by atoms with Gasteiger partial charge in [0, 0.05) is 0 Å². The van der Waals surface area contributed by atoms with Gasteiger partial charge < -0.3 is 17.1 Å². The summed E-state index contributed by atoms with van der Waals surface area (Å²) in [6.07, 6.45) is 7.85. The first kappa shape index (κ1) is 17.7. The predicted molar refractivity (Wildman–Crippen MR) is 81.2 cm³/mol. The van der Waals surface area contributed by atoms with E-state index in [1.165, 1.54) is 24.2 Å². The Morgan fingerprint density at radius 3 is 2.52 bits per heavy atom. The van der Waals surface area contributed by atoms with Crippen LogP contribution in [-0.4, -0.2) is 11.2 Å². The molecule has 0 atom stereocenters. The molecule has 0 saturated carbocycles. The second kappa shape index (κ2) is 9.59. The minimum atomic E-state index is 0. The fourth-order valence-electron chi connectivity index (χ4n) is 2.36. The Balaban J connectivity index is 0.00000220. The van der Waals surface area contributed by atoms with Gasteiger partial charge in [-0.15, -0.1) is 0 Å². The van der Waals surface area contributed by atoms with Crippen LogP contribution in [0.5, 0.6) is 0 Å². The first-order valence-electron chi connectivity index (χ1n) is 7.58. The highest BCUT2D eigenvalue weighted by atomic mass is 35.5. The summed E-state index contributed by atoms with van der Waals surface area (Å²) in [5, 5.41) is 0. The van der Waals surface area contributed by atoms with E-state index in [1.807, 2.05) is 6.07 Å². The molecule has 0 aliphatic heterocycles. The summed E-state index contributed by atoms with van der Waals surface area (Å²) in [6.45, 7) is 6.81. The lowest BCUT2D eigenvalue weighted by Gasteiger charge is -2.05. The number of rotatable bonds is 8. The molecule has 0 fully saturated rings. The molecule has 1 aromatic heterocycles. The molecule has 3 nitrogen and oxygen atoms in total. The molecule has 116 valence electrons. The number of aryl methyl sites for hydroxylation is 1. The molecule has 0 aliphatic rings. The van der Waals surface area contributed by atoms with Crippen molar-refractivity contribution in [2.24, 2.45) is 0 Å². The van der Waals surface area contributed by atoms with Crippen LogP contribution in [0.2, 0.25) is 0 Å². The van der Waals surface area contributed by atoms with Gasteiger partial charge in [-0.1, -0.05) is 38.0 Å². The zero-order valence-corrected chi connectivity index (χ0v) is 13.7. The van der Waals surface area contributed by atoms with Gasteiger partial charge >= 0.3 is 0 Å². The Kier molecular flexibility index (Phi) is 8.09. The van der Waals surface area contributed by atoms with Crippen molar-refractivity contribution in [1.82, 2.24) is 4.57 Å². The molecule has 0 saturated heterocycles. The number of halogens is 1. The number of nitrogens with zero attached hydrogens (tertiary/aromatic N) is 2. The van der Waals surface area contributed by atoms with E-state index >= 15 is 0 Å². The van der Waals surface area contributed by atoms with E-state index in [2.05, 4.69) is 59.6 Å². The SMILES string of the molecule is CCCCCOC[n+]1ccn(CC)c1-c1ccccc1.[Cl-]. The Morgan fingerprint density at radius 1 is 1.10 bits per heavy atom. The third-order valence-corrected chi connectivity index (χ3v) is 3.47. The second-order valence-electron chi connectivity index (χ2n) is 4.99. The Bertz CT molecular complexity index is 511. The van der Waals surface area contributed by atoms with E-state index < -0.39 is 0 Å². The molecule has 21 heavy (non-hydrogen) atoms. The first-order chi connectivity index (χ1) is 9.86. The predicted octanol–water partition coefficient (Wildman–Crippen LogP) is 0.631. The molecule has 0 spiro atoms. The highest BCUT2D eigenvalue weighted by molar-refractivity contribution is 5.52. The van der Waals surface area contributed by atoms with Crippen molar-refractivity contribution in [3.63, 3.8) is 0 Å². The minimum absolute atomic E-state index is 0. The molecule has 2 aromatic rings. The Labute approximate surface area is 134 Å². The van der Waals surface area contributed by atoms with Crippen LogP contribution in [0.15, 0.2) is 42.7 Å². The van der Waals surface area contributed by atoms with E-state index in [4.69, 9.17) is 4.74 Å². The molecule has 0 amide bonds. The molecule has 4 heteroatoms. The van der Waals surface area contributed by atoms with Gasteiger partial charge in [-0.25, -0.2) is 9.13 Å². The Morgan fingerprint density at radius 2 is 1.86 bits per heavy atom. The monoisotopic (exact) mass is 308 g/mol. The lowest BCUT2D eigenvalue weighted by molar-refractivity contribution is -0.722. The van der Waals surface area contributed by atoms with Crippen molar-refractivity contribution < 1.29 is 21.7 Å². The van der Waals surface area contributed by atoms with Crippen molar-refractivity contribution in [3.8, 4) is 11.4 Å². The summed E-state index contributed by atoms with van der Waals surface area (Å²) in [6, 6.07) is 10.5. The largest absolute Gasteiger partial charge is 1.00 e. The lowest BCUT2D eigenvalue weighted by atomic mass is 10.2. The third kappa shape index (κ3) is 4.87. The van der Waals surface area contributed by atoms with Gasteiger partial charge in [0.05, 0.1) is 18.7 Å². The van der Waals surface area contributed by atoms with Gasteiger partial charge in [-0.2, -0.15) is 0 Å². The maximum Gasteiger partial charge on any atom is 0.290 e. The quantitative estimate of drug-likeness (QED) is 0.517. The highest BCUT2D eigenvalue weighted by Gasteiger charge is 2.17. The van der Waals surface area contributed by atoms with Crippen LogP contribution in [0, 0.1) is 0 Å². The number of hydrogen-bond donors (Lipinski definition) is 0. The average Bonchev–Trinajstić information content (AvgIpc) is 2.91. The fraction of sp³-hybridized carbons (Fsp3) is 0.471. The van der Waals surface area contributed by atoms with E-state index in [9.17, 15) is 0 Å². The molecule has 0 aliphatic carbocycles. The van der Waals surface area contributed by atoms with Crippen LogP contribution in [0.1, 0.15) is 33.1 Å². The Hall–Kier alpha value is -1.32. The molecule has 0 N–H and O–H groups in total. The van der Waals surface area contributed by atoms with Gasteiger partial charge in [0.25, 0.3) is 5.82 Å². The zero-order valence-electron chi connectivity index (χ0n) is 13.0. The zero-order chi connectivity index (χ0) is 14.2. The van der Waals surface area contributed by atoms with Gasteiger partial charge in [0.2, 0.25) is 0 Å². The van der Waals surface area contributed by atoms with Crippen LogP contribution in [0.3, 0.4) is 0 Å². The molecule has 2 rings (SSSR count). The summed E-state index contributed by atoms with van der Waals surface area (Å²) in [7, 11) is 0. The summed E-state index contributed by atoms with van der Waals surface area (Å²) < 4.78 is 10.2. The standard InChI is InChI=1S/C17H25N2O.ClH/c1-3-5-9-14-20-15-19-13-12-18(4-2)17(19)16-10-7-6-8-11-16;/h6-8,10-13H,3-5,9,14-15H2,1-2H3;1H/q+1;/p-1. The number of imidazole rings is 1. The van der Waals surface area contributed by atoms with Crippen molar-refractivity contribution in [1.29, 1.82) is 0 Å². The first-order valence-corrected chi connectivity index (χ1v) is 7.58. The maximum atomic E-state index is 5.79. The minimum Gasteiger partial charge on any atom is -1.00 e. The van der Waals surface area contributed by atoms with Crippen LogP contribution in [0.4, 0.5) is 0 Å². The molecular formula is C17H25ClN2O. The summed E-state index contributed by atoms with van der Waals surface area (Å²) in [5.41, 5.74) is 1.23. The van der Waals surface area contributed by atoms with Crippen LogP contribution < -0.4 is 17.0 Å². The molecule has 1 heterocycles. The van der Waals surface area contributed by atoms with Crippen molar-refractivity contribution in [3.05, 3.63) is 42.7 Å². The average molecular weight is 309 g/mol. The van der Waals surface area contributed by atoms with E-state index in [0.29, 0.717) is 6.73 Å². The number of hydrogen-bond acceptors (Lipinski definition) is 1. The smallest absolute Gasteiger partial charge is 0.290 e. The molecule has 0 radical (unpaired) electrons. The van der Waals surface area contributed by atoms with Gasteiger partial charge in [0.1, 0.15) is 12.4 Å². The number of ether oxygens (including phenoxy) is 1. The topological polar surface area (TPSA) is 18.0 Å². The lowest BCUT2D eigenvalue weighted by Crippen LogP contribution is -3.00. The fourth-order valence-corrected chi connectivity index (χ4v) is 2.36. The molecule has 0 unspecified atom stereocenters. The maximum absolute atomic E-state index is 5.79. The molecular weight excluding hydrogens is 284 g/mol. The number of unbranched alkanes of at least 4 members (excludes halogenated alkanes) is 2. The van der Waals surface area contributed by atoms with Crippen molar-refractivity contribution in [2.45, 2.75) is 46.4 Å². The number of benzene rings is 1. The molecule has 0 bridgehead atoms. The van der Waals surface area contributed by atoms with E-state index in [0.717, 1.165) is 19.6 Å². The van der Waals surface area contributed by atoms with Gasteiger partial charge in [-0.3, -0.25) is 0 Å². The number of aromatic nitrogens is 2. The summed E-state index contributed by atoms with van der Waals surface area (Å²) in [4.78, 5) is 0. The normalized spacial score (nSPS) is 10.4. The van der Waals surface area contributed by atoms with Gasteiger partial charge in [0.15, 0.2) is 6.73 Å².